The number of aryl methyl sites for hydroxylation is 1. The molecule has 0 aliphatic carbocycles. The summed E-state index contributed by atoms with van der Waals surface area (Å²) < 4.78 is 56.5. The zero-order valence-electron chi connectivity index (χ0n) is 21.5. The summed E-state index contributed by atoms with van der Waals surface area (Å²) in [5, 5.41) is 0.219. The molecule has 0 spiro atoms. The van der Waals surface area contributed by atoms with E-state index in [1.54, 1.807) is 13.8 Å². The van der Waals surface area contributed by atoms with Crippen LogP contribution >= 0.6 is 19.4 Å². The predicted molar refractivity (Wildman–Crippen MR) is 144 cm³/mol. The first-order chi connectivity index (χ1) is 19.4. The standard InChI is InChI=1S/C27H22ClF2N2O8P/c1-3-38-22-9-11-32(17-5-6-18(29)24(14-17)40-41(35,36)37)27(34)25(22)20(33)13-16-4-7-21(19(30)12-16)39-23-8-10-31-15(2)26(23)28/h4-12,14H,3,13H2,1-2H3,(H2,35,36,37). The molecule has 214 valence electrons. The molecule has 4 rings (SSSR count). The van der Waals surface area contributed by atoms with Crippen LogP contribution in [-0.2, 0) is 11.0 Å². The number of hydrogen-bond donors (Lipinski definition) is 2. The fraction of sp³-hybridized carbons (Fsp3) is 0.148. The molecule has 14 heteroatoms. The smallest absolute Gasteiger partial charge is 0.493 e. The molecule has 0 aliphatic rings. The minimum Gasteiger partial charge on any atom is -0.493 e. The molecule has 10 nitrogen and oxygen atoms in total. The molecule has 0 unspecified atom stereocenters. The molecule has 4 aromatic rings. The number of hydrogen-bond acceptors (Lipinski definition) is 7. The molecule has 0 fully saturated rings. The molecule has 0 amide bonds. The Bertz CT molecular complexity index is 1740. The summed E-state index contributed by atoms with van der Waals surface area (Å²) in [6, 6.07) is 9.56. The molecular formula is C27H22ClF2N2O8P. The Morgan fingerprint density at radius 3 is 2.46 bits per heavy atom. The van der Waals surface area contributed by atoms with Crippen molar-refractivity contribution in [2.24, 2.45) is 0 Å². The van der Waals surface area contributed by atoms with Gasteiger partial charge in [-0.05, 0) is 49.7 Å². The second kappa shape index (κ2) is 12.2. The van der Waals surface area contributed by atoms with E-state index in [2.05, 4.69) is 9.51 Å². The third-order valence-electron chi connectivity index (χ3n) is 5.65. The van der Waals surface area contributed by atoms with Crippen molar-refractivity contribution in [3.63, 3.8) is 0 Å². The summed E-state index contributed by atoms with van der Waals surface area (Å²) in [5.41, 5.74) is -0.548. The number of phosphoric ester groups is 1. The van der Waals surface area contributed by atoms with Gasteiger partial charge < -0.3 is 14.0 Å². The molecule has 2 heterocycles. The van der Waals surface area contributed by atoms with E-state index in [0.29, 0.717) is 5.69 Å². The van der Waals surface area contributed by atoms with Crippen molar-refractivity contribution in [3.05, 3.63) is 105 Å². The van der Waals surface area contributed by atoms with Crippen molar-refractivity contribution >= 4 is 25.2 Å². The third-order valence-corrected chi connectivity index (χ3v) is 6.55. The summed E-state index contributed by atoms with van der Waals surface area (Å²) in [4.78, 5) is 48.9. The SMILES string of the molecule is CCOc1ccn(-c2ccc(F)c(OP(=O)(O)O)c2)c(=O)c1C(=O)Cc1ccc(Oc2ccnc(C)c2Cl)c(F)c1. The molecular weight excluding hydrogens is 585 g/mol. The van der Waals surface area contributed by atoms with Crippen LogP contribution in [0.5, 0.6) is 23.0 Å². The maximum atomic E-state index is 14.9. The van der Waals surface area contributed by atoms with E-state index in [1.807, 2.05) is 0 Å². The van der Waals surface area contributed by atoms with E-state index in [0.717, 1.165) is 28.8 Å². The number of benzene rings is 2. The number of halogens is 3. The Balaban J connectivity index is 1.66. The molecule has 0 bridgehead atoms. The number of ether oxygens (including phenoxy) is 2. The number of phosphoric acid groups is 1. The summed E-state index contributed by atoms with van der Waals surface area (Å²) in [6.45, 7) is 3.44. The normalized spacial score (nSPS) is 11.3. The number of Topliss-reactive ketones (excluding diaryl/α,β-unsaturated/α-hetero) is 1. The highest BCUT2D eigenvalue weighted by molar-refractivity contribution is 7.46. The van der Waals surface area contributed by atoms with Gasteiger partial charge in [0.15, 0.2) is 28.9 Å². The van der Waals surface area contributed by atoms with Crippen LogP contribution in [0, 0.1) is 18.6 Å². The molecule has 0 saturated carbocycles. The highest BCUT2D eigenvalue weighted by Crippen LogP contribution is 2.39. The van der Waals surface area contributed by atoms with Crippen LogP contribution in [0.3, 0.4) is 0 Å². The Hall–Kier alpha value is -4.09. The first kappa shape index (κ1) is 29.9. The minimum absolute atomic E-state index is 0.0318. The van der Waals surface area contributed by atoms with E-state index in [9.17, 15) is 22.9 Å². The fourth-order valence-electron chi connectivity index (χ4n) is 3.83. The molecule has 2 N–H and O–H groups in total. The van der Waals surface area contributed by atoms with Crippen LogP contribution < -0.4 is 19.6 Å². The summed E-state index contributed by atoms with van der Waals surface area (Å²) in [5.74, 6) is -3.34. The molecule has 2 aromatic carbocycles. The van der Waals surface area contributed by atoms with Gasteiger partial charge in [-0.15, -0.1) is 0 Å². The monoisotopic (exact) mass is 606 g/mol. The fourth-order valence-corrected chi connectivity index (χ4v) is 4.37. The number of nitrogens with zero attached hydrogens (tertiary/aromatic N) is 2. The zero-order valence-corrected chi connectivity index (χ0v) is 23.2. The van der Waals surface area contributed by atoms with E-state index in [-0.39, 0.29) is 52.1 Å². The number of rotatable bonds is 10. The lowest BCUT2D eigenvalue weighted by atomic mass is 10.0. The van der Waals surface area contributed by atoms with Crippen molar-refractivity contribution in [2.45, 2.75) is 20.3 Å². The van der Waals surface area contributed by atoms with Gasteiger partial charge in [0.25, 0.3) is 5.56 Å². The molecule has 0 radical (unpaired) electrons. The van der Waals surface area contributed by atoms with Gasteiger partial charge in [-0.2, -0.15) is 0 Å². The Kier molecular flexibility index (Phi) is 8.89. The highest BCUT2D eigenvalue weighted by Gasteiger charge is 2.23. The van der Waals surface area contributed by atoms with Gasteiger partial charge >= 0.3 is 7.82 Å². The van der Waals surface area contributed by atoms with Crippen molar-refractivity contribution in [2.75, 3.05) is 6.61 Å². The van der Waals surface area contributed by atoms with Crippen LogP contribution in [-0.4, -0.2) is 31.7 Å². The van der Waals surface area contributed by atoms with Crippen molar-refractivity contribution in [1.29, 1.82) is 0 Å². The number of pyridine rings is 2. The number of aromatic nitrogens is 2. The van der Waals surface area contributed by atoms with Gasteiger partial charge in [0, 0.05) is 30.9 Å². The quantitative estimate of drug-likeness (QED) is 0.175. The van der Waals surface area contributed by atoms with Gasteiger partial charge in [-0.1, -0.05) is 17.7 Å². The Labute approximate surface area is 237 Å². The summed E-state index contributed by atoms with van der Waals surface area (Å²) in [7, 11) is -5.10. The second-order valence-corrected chi connectivity index (χ2v) is 10.1. The number of carbonyl (C=O) groups is 1. The molecule has 0 atom stereocenters. The molecule has 0 saturated heterocycles. The maximum absolute atomic E-state index is 14.9. The van der Waals surface area contributed by atoms with E-state index >= 15 is 0 Å². The molecule has 0 aliphatic heterocycles. The lowest BCUT2D eigenvalue weighted by Gasteiger charge is -2.14. The van der Waals surface area contributed by atoms with Crippen LogP contribution in [0.15, 0.2) is 65.7 Å². The van der Waals surface area contributed by atoms with Gasteiger partial charge in [-0.3, -0.25) is 28.9 Å². The number of carbonyl (C=O) groups excluding carboxylic acids is 1. The zero-order chi connectivity index (χ0) is 29.9. The second-order valence-electron chi connectivity index (χ2n) is 8.54. The minimum atomic E-state index is -5.10. The summed E-state index contributed by atoms with van der Waals surface area (Å²) in [6.07, 6.45) is 2.32. The van der Waals surface area contributed by atoms with Crippen molar-refractivity contribution < 1.29 is 41.9 Å². The topological polar surface area (TPSA) is 137 Å². The van der Waals surface area contributed by atoms with Gasteiger partial charge in [0.1, 0.15) is 22.1 Å². The predicted octanol–water partition coefficient (Wildman–Crippen LogP) is 5.56. The average Bonchev–Trinajstić information content (AvgIpc) is 2.89. The lowest BCUT2D eigenvalue weighted by molar-refractivity contribution is 0.0987. The van der Waals surface area contributed by atoms with Gasteiger partial charge in [0.05, 0.1) is 18.0 Å². The van der Waals surface area contributed by atoms with Gasteiger partial charge in [-0.25, -0.2) is 13.3 Å². The third kappa shape index (κ3) is 6.98. The van der Waals surface area contributed by atoms with Crippen LogP contribution in [0.1, 0.15) is 28.5 Å². The lowest BCUT2D eigenvalue weighted by Crippen LogP contribution is -2.27. The van der Waals surface area contributed by atoms with Crippen LogP contribution in [0.4, 0.5) is 8.78 Å². The van der Waals surface area contributed by atoms with Crippen molar-refractivity contribution in [3.8, 4) is 28.7 Å². The summed E-state index contributed by atoms with van der Waals surface area (Å²) >= 11 is 6.16. The molecule has 41 heavy (non-hydrogen) atoms. The van der Waals surface area contributed by atoms with Crippen molar-refractivity contribution in [1.82, 2.24) is 9.55 Å². The number of ketones is 1. The first-order valence-electron chi connectivity index (χ1n) is 11.9. The van der Waals surface area contributed by atoms with E-state index in [4.69, 9.17) is 30.9 Å². The van der Waals surface area contributed by atoms with Crippen LogP contribution in [0.2, 0.25) is 5.02 Å². The Morgan fingerprint density at radius 2 is 1.78 bits per heavy atom. The van der Waals surface area contributed by atoms with E-state index in [1.165, 1.54) is 36.7 Å². The largest absolute Gasteiger partial charge is 0.524 e. The van der Waals surface area contributed by atoms with E-state index < -0.39 is 36.5 Å². The maximum Gasteiger partial charge on any atom is 0.524 e. The highest BCUT2D eigenvalue weighted by atomic mass is 35.5. The van der Waals surface area contributed by atoms with Gasteiger partial charge in [0.2, 0.25) is 0 Å². The van der Waals surface area contributed by atoms with Crippen LogP contribution in [0.25, 0.3) is 5.69 Å². The first-order valence-corrected chi connectivity index (χ1v) is 13.8. The molecule has 2 aromatic heterocycles. The average molecular weight is 607 g/mol. The Morgan fingerprint density at radius 1 is 1.02 bits per heavy atom.